The van der Waals surface area contributed by atoms with Gasteiger partial charge in [-0.25, -0.2) is 0 Å². The van der Waals surface area contributed by atoms with E-state index >= 15 is 0 Å². The fraction of sp³-hybridized carbons (Fsp3) is 0.333. The molecule has 1 aliphatic rings. The first-order chi connectivity index (χ1) is 10.3. The van der Waals surface area contributed by atoms with Crippen molar-refractivity contribution in [3.63, 3.8) is 0 Å². The molecule has 0 saturated carbocycles. The zero-order valence-electron chi connectivity index (χ0n) is 12.3. The number of rotatable bonds is 5. The maximum absolute atomic E-state index is 9.55. The average Bonchev–Trinajstić information content (AvgIpc) is 2.89. The Hall–Kier alpha value is -1.84. The van der Waals surface area contributed by atoms with Crippen LogP contribution in [0.25, 0.3) is 0 Å². The minimum atomic E-state index is 0.361. The number of fused-ring (bicyclic) bond motifs is 1. The van der Waals surface area contributed by atoms with E-state index in [0.717, 1.165) is 19.4 Å². The highest BCUT2D eigenvalue weighted by atomic mass is 16.5. The highest BCUT2D eigenvalue weighted by Crippen LogP contribution is 2.33. The van der Waals surface area contributed by atoms with Gasteiger partial charge >= 0.3 is 0 Å². The number of methoxy groups -OCH3 is 1. The number of benzene rings is 2. The summed E-state index contributed by atoms with van der Waals surface area (Å²) in [7, 11) is 1.73. The Morgan fingerprint density at radius 1 is 1.19 bits per heavy atom. The lowest BCUT2D eigenvalue weighted by Crippen LogP contribution is -2.19. The number of nitrogens with one attached hydrogen (secondary N) is 1. The maximum atomic E-state index is 9.55. The average molecular weight is 283 g/mol. The van der Waals surface area contributed by atoms with Crippen molar-refractivity contribution in [1.29, 1.82) is 0 Å². The molecule has 0 bridgehead atoms. The minimum Gasteiger partial charge on any atom is -0.508 e. The number of aromatic hydroxyl groups is 1. The van der Waals surface area contributed by atoms with E-state index in [-0.39, 0.29) is 0 Å². The van der Waals surface area contributed by atoms with Gasteiger partial charge in [0, 0.05) is 19.7 Å². The largest absolute Gasteiger partial charge is 0.508 e. The molecular formula is C18H21NO2. The van der Waals surface area contributed by atoms with Crippen molar-refractivity contribution < 1.29 is 9.84 Å². The van der Waals surface area contributed by atoms with Crippen molar-refractivity contribution in [2.45, 2.75) is 32.0 Å². The van der Waals surface area contributed by atoms with E-state index in [9.17, 15) is 5.11 Å². The van der Waals surface area contributed by atoms with E-state index < -0.39 is 0 Å². The second kappa shape index (κ2) is 6.29. The molecule has 0 amide bonds. The third-order valence-corrected chi connectivity index (χ3v) is 4.16. The molecule has 2 N–H and O–H groups in total. The third-order valence-electron chi connectivity index (χ3n) is 4.16. The lowest BCUT2D eigenvalue weighted by molar-refractivity contribution is 0.184. The van der Waals surface area contributed by atoms with Crippen LogP contribution >= 0.6 is 0 Å². The summed E-state index contributed by atoms with van der Waals surface area (Å²) in [5, 5.41) is 13.2. The van der Waals surface area contributed by atoms with Crippen molar-refractivity contribution in [3.05, 3.63) is 64.7 Å². The van der Waals surface area contributed by atoms with Gasteiger partial charge in [0.2, 0.25) is 0 Å². The molecule has 3 heteroatoms. The van der Waals surface area contributed by atoms with E-state index in [0.29, 0.717) is 18.4 Å². The number of hydrogen-bond donors (Lipinski definition) is 2. The highest BCUT2D eigenvalue weighted by Gasteiger charge is 2.22. The molecule has 110 valence electrons. The van der Waals surface area contributed by atoms with E-state index in [1.54, 1.807) is 13.2 Å². The van der Waals surface area contributed by atoms with Gasteiger partial charge in [-0.3, -0.25) is 0 Å². The second-order valence-electron chi connectivity index (χ2n) is 5.56. The van der Waals surface area contributed by atoms with E-state index in [1.165, 1.54) is 22.3 Å². The van der Waals surface area contributed by atoms with Gasteiger partial charge < -0.3 is 15.2 Å². The fourth-order valence-corrected chi connectivity index (χ4v) is 3.08. The van der Waals surface area contributed by atoms with Gasteiger partial charge in [-0.2, -0.15) is 0 Å². The Balaban J connectivity index is 1.70. The number of hydrogen-bond acceptors (Lipinski definition) is 3. The number of phenols is 1. The van der Waals surface area contributed by atoms with Gasteiger partial charge in [0.05, 0.1) is 6.61 Å². The summed E-state index contributed by atoms with van der Waals surface area (Å²) in [6.45, 7) is 1.48. The van der Waals surface area contributed by atoms with Crippen LogP contribution in [-0.2, 0) is 24.3 Å². The van der Waals surface area contributed by atoms with E-state index in [4.69, 9.17) is 4.74 Å². The first-order valence-corrected chi connectivity index (χ1v) is 7.39. The molecule has 0 spiro atoms. The lowest BCUT2D eigenvalue weighted by Gasteiger charge is -2.16. The van der Waals surface area contributed by atoms with Crippen LogP contribution in [0.15, 0.2) is 42.5 Å². The van der Waals surface area contributed by atoms with Crippen LogP contribution in [0.4, 0.5) is 0 Å². The summed E-state index contributed by atoms with van der Waals surface area (Å²) in [4.78, 5) is 0. The Morgan fingerprint density at radius 3 is 2.81 bits per heavy atom. The topological polar surface area (TPSA) is 41.5 Å². The fourth-order valence-electron chi connectivity index (χ4n) is 3.08. The molecule has 0 heterocycles. The molecule has 1 atom stereocenters. The molecule has 0 aliphatic heterocycles. The molecule has 0 radical (unpaired) electrons. The van der Waals surface area contributed by atoms with Crippen LogP contribution in [0, 0.1) is 0 Å². The molecule has 2 aromatic rings. The Kier molecular flexibility index (Phi) is 4.23. The summed E-state index contributed by atoms with van der Waals surface area (Å²) >= 11 is 0. The minimum absolute atomic E-state index is 0.361. The molecule has 3 rings (SSSR count). The summed E-state index contributed by atoms with van der Waals surface area (Å²) in [5.41, 5.74) is 5.10. The number of ether oxygens (including phenoxy) is 1. The van der Waals surface area contributed by atoms with Gasteiger partial charge in [-0.15, -0.1) is 0 Å². The van der Waals surface area contributed by atoms with Crippen molar-refractivity contribution in [3.8, 4) is 5.75 Å². The maximum Gasteiger partial charge on any atom is 0.115 e. The van der Waals surface area contributed by atoms with Gasteiger partial charge in [0.15, 0.2) is 0 Å². The Morgan fingerprint density at radius 2 is 2.00 bits per heavy atom. The molecule has 1 unspecified atom stereocenters. The SMILES string of the molecule is COCc1ccccc1CNC1CCc2cc(O)ccc21. The number of aryl methyl sites for hydroxylation is 1. The van der Waals surface area contributed by atoms with Gasteiger partial charge in [-0.05, 0) is 47.2 Å². The molecule has 21 heavy (non-hydrogen) atoms. The van der Waals surface area contributed by atoms with Crippen molar-refractivity contribution in [2.75, 3.05) is 7.11 Å². The molecule has 0 saturated heterocycles. The Labute approximate surface area is 125 Å². The Bertz CT molecular complexity index is 624. The summed E-state index contributed by atoms with van der Waals surface area (Å²) in [6, 6.07) is 14.4. The van der Waals surface area contributed by atoms with Crippen molar-refractivity contribution >= 4 is 0 Å². The van der Waals surface area contributed by atoms with Crippen LogP contribution in [0.3, 0.4) is 0 Å². The predicted octanol–water partition coefficient (Wildman–Crippen LogP) is 3.32. The smallest absolute Gasteiger partial charge is 0.115 e. The zero-order chi connectivity index (χ0) is 14.7. The molecular weight excluding hydrogens is 262 g/mol. The normalized spacial score (nSPS) is 16.9. The highest BCUT2D eigenvalue weighted by molar-refractivity contribution is 5.40. The van der Waals surface area contributed by atoms with Crippen LogP contribution in [0.5, 0.6) is 5.75 Å². The summed E-state index contributed by atoms with van der Waals surface area (Å²) < 4.78 is 5.25. The van der Waals surface area contributed by atoms with Crippen LogP contribution < -0.4 is 5.32 Å². The van der Waals surface area contributed by atoms with Crippen molar-refractivity contribution in [2.24, 2.45) is 0 Å². The third kappa shape index (κ3) is 3.09. The standard InChI is InChI=1S/C18H21NO2/c1-21-12-15-5-3-2-4-14(15)11-19-18-9-6-13-10-16(20)7-8-17(13)18/h2-5,7-8,10,18-20H,6,9,11-12H2,1H3. The first kappa shape index (κ1) is 14.1. The second-order valence-corrected chi connectivity index (χ2v) is 5.56. The summed E-state index contributed by atoms with van der Waals surface area (Å²) in [5.74, 6) is 0.361. The summed E-state index contributed by atoms with van der Waals surface area (Å²) in [6.07, 6.45) is 2.12. The lowest BCUT2D eigenvalue weighted by atomic mass is 10.1. The quantitative estimate of drug-likeness (QED) is 0.884. The molecule has 1 aliphatic carbocycles. The first-order valence-electron chi connectivity index (χ1n) is 7.39. The van der Waals surface area contributed by atoms with Crippen LogP contribution in [0.2, 0.25) is 0 Å². The predicted molar refractivity (Wildman–Crippen MR) is 83.2 cm³/mol. The van der Waals surface area contributed by atoms with Crippen LogP contribution in [0.1, 0.15) is 34.7 Å². The van der Waals surface area contributed by atoms with Crippen LogP contribution in [-0.4, -0.2) is 12.2 Å². The van der Waals surface area contributed by atoms with Gasteiger partial charge in [0.1, 0.15) is 5.75 Å². The number of phenolic OH excluding ortho intramolecular Hbond substituents is 1. The van der Waals surface area contributed by atoms with E-state index in [1.807, 2.05) is 18.2 Å². The monoisotopic (exact) mass is 283 g/mol. The molecule has 0 aromatic heterocycles. The molecule has 2 aromatic carbocycles. The van der Waals surface area contributed by atoms with Gasteiger partial charge in [0.25, 0.3) is 0 Å². The molecule has 3 nitrogen and oxygen atoms in total. The zero-order valence-corrected chi connectivity index (χ0v) is 12.3. The van der Waals surface area contributed by atoms with E-state index in [2.05, 4.69) is 23.5 Å². The van der Waals surface area contributed by atoms with Gasteiger partial charge in [-0.1, -0.05) is 30.3 Å². The van der Waals surface area contributed by atoms with Crippen molar-refractivity contribution in [1.82, 2.24) is 5.32 Å². The molecule has 0 fully saturated rings.